The van der Waals surface area contributed by atoms with Crippen LogP contribution in [-0.2, 0) is 9.22 Å². The Morgan fingerprint density at radius 1 is 1.04 bits per heavy atom. The molecule has 4 rings (SSSR count). The molecule has 3 fully saturated rings. The zero-order valence-electron chi connectivity index (χ0n) is 19.4. The molecule has 4 aliphatic carbocycles. The zero-order chi connectivity index (χ0) is 20.5. The van der Waals surface area contributed by atoms with Crippen LogP contribution in [0, 0.1) is 28.6 Å². The SMILES string of the molecule is CC(C)(C)[Si](C)(C)OC1CC[C@@]2(C)C(=CC[C@@H]3[C@H]2CC[C@]2(C)C(=O)CC[C@@H]32)C1. The van der Waals surface area contributed by atoms with E-state index < -0.39 is 8.32 Å². The van der Waals surface area contributed by atoms with Gasteiger partial charge >= 0.3 is 0 Å². The second-order valence-corrected chi connectivity index (χ2v) is 17.2. The molecule has 1 unspecified atom stereocenters. The fourth-order valence-electron chi connectivity index (χ4n) is 7.09. The van der Waals surface area contributed by atoms with Crippen molar-refractivity contribution in [3.8, 4) is 0 Å². The van der Waals surface area contributed by atoms with Crippen molar-refractivity contribution in [2.75, 3.05) is 0 Å². The van der Waals surface area contributed by atoms with Crippen molar-refractivity contribution in [3.05, 3.63) is 11.6 Å². The second kappa shape index (κ2) is 6.54. The molecule has 0 N–H and O–H groups in total. The number of Topliss-reactive ketones (excluding diaryl/α,β-unsaturated/α-hetero) is 1. The molecule has 0 aromatic heterocycles. The van der Waals surface area contributed by atoms with Crippen molar-refractivity contribution < 1.29 is 9.22 Å². The standard InChI is InChI=1S/C25H42O2Si/c1-23(2,3)28(6,7)27-18-12-14-24(4)17(16-18)8-9-19-20-10-11-22(26)25(20,5)15-13-21(19)24/h8,18-21H,9-16H2,1-7H3/t18?,19-,20-,21+,24-,25-/m0/s1. The maximum atomic E-state index is 12.6. The maximum Gasteiger partial charge on any atom is 0.192 e. The van der Waals surface area contributed by atoms with Crippen molar-refractivity contribution in [2.24, 2.45) is 28.6 Å². The Labute approximate surface area is 174 Å². The van der Waals surface area contributed by atoms with Gasteiger partial charge in [0.25, 0.3) is 0 Å². The first kappa shape index (κ1) is 20.8. The molecule has 0 spiro atoms. The Morgan fingerprint density at radius 2 is 1.68 bits per heavy atom. The number of hydrogen-bond acceptors (Lipinski definition) is 2. The van der Waals surface area contributed by atoms with E-state index in [0.29, 0.717) is 23.2 Å². The quantitative estimate of drug-likeness (QED) is 0.370. The summed E-state index contributed by atoms with van der Waals surface area (Å²) in [5.41, 5.74) is 2.03. The lowest BCUT2D eigenvalue weighted by Gasteiger charge is -2.57. The summed E-state index contributed by atoms with van der Waals surface area (Å²) in [5.74, 6) is 2.71. The summed E-state index contributed by atoms with van der Waals surface area (Å²) < 4.78 is 6.83. The minimum Gasteiger partial charge on any atom is -0.414 e. The first-order valence-corrected chi connectivity index (χ1v) is 14.7. The molecular formula is C25H42O2Si. The highest BCUT2D eigenvalue weighted by Gasteiger charge is 2.58. The summed E-state index contributed by atoms with van der Waals surface area (Å²) in [5, 5.41) is 0.280. The predicted octanol–water partition coefficient (Wildman–Crippen LogP) is 6.91. The summed E-state index contributed by atoms with van der Waals surface area (Å²) in [7, 11) is -1.71. The van der Waals surface area contributed by atoms with E-state index >= 15 is 0 Å². The van der Waals surface area contributed by atoms with E-state index in [9.17, 15) is 4.79 Å². The van der Waals surface area contributed by atoms with Crippen LogP contribution in [-0.4, -0.2) is 20.2 Å². The van der Waals surface area contributed by atoms with Gasteiger partial charge < -0.3 is 4.43 Å². The summed E-state index contributed by atoms with van der Waals surface area (Å²) >= 11 is 0. The van der Waals surface area contributed by atoms with Crippen LogP contribution >= 0.6 is 0 Å². The normalized spacial score (nSPS) is 43.8. The number of carbonyl (C=O) groups excluding carboxylic acids is 1. The lowest BCUT2D eigenvalue weighted by molar-refractivity contribution is -0.131. The second-order valence-electron chi connectivity index (χ2n) is 12.4. The third kappa shape index (κ3) is 3.02. The fourth-order valence-corrected chi connectivity index (χ4v) is 8.48. The highest BCUT2D eigenvalue weighted by molar-refractivity contribution is 6.74. The van der Waals surface area contributed by atoms with Crippen LogP contribution in [0.25, 0.3) is 0 Å². The first-order valence-electron chi connectivity index (χ1n) is 11.8. The summed E-state index contributed by atoms with van der Waals surface area (Å²) in [4.78, 5) is 12.6. The molecule has 0 bridgehead atoms. The van der Waals surface area contributed by atoms with E-state index in [1.54, 1.807) is 5.57 Å². The Morgan fingerprint density at radius 3 is 2.36 bits per heavy atom. The molecule has 0 aliphatic heterocycles. The Hall–Kier alpha value is -0.413. The lowest BCUT2D eigenvalue weighted by atomic mass is 9.48. The average molecular weight is 403 g/mol. The predicted molar refractivity (Wildman–Crippen MR) is 119 cm³/mol. The van der Waals surface area contributed by atoms with E-state index in [4.69, 9.17) is 4.43 Å². The van der Waals surface area contributed by atoms with Gasteiger partial charge in [0.15, 0.2) is 8.32 Å². The average Bonchev–Trinajstić information content (AvgIpc) is 2.89. The lowest BCUT2D eigenvalue weighted by Crippen LogP contribution is -2.51. The Kier molecular flexibility index (Phi) is 4.87. The van der Waals surface area contributed by atoms with E-state index in [0.717, 1.165) is 37.5 Å². The van der Waals surface area contributed by atoms with Gasteiger partial charge in [-0.2, -0.15) is 0 Å². The van der Waals surface area contributed by atoms with E-state index in [2.05, 4.69) is 53.8 Å². The van der Waals surface area contributed by atoms with Crippen LogP contribution in [0.2, 0.25) is 18.1 Å². The summed E-state index contributed by atoms with van der Waals surface area (Å²) in [6, 6.07) is 0. The molecule has 28 heavy (non-hydrogen) atoms. The number of allylic oxidation sites excluding steroid dienone is 1. The van der Waals surface area contributed by atoms with Crippen molar-refractivity contribution in [1.82, 2.24) is 0 Å². The minimum atomic E-state index is -1.71. The molecule has 0 saturated heterocycles. The topological polar surface area (TPSA) is 26.3 Å². The number of rotatable bonds is 2. The maximum absolute atomic E-state index is 12.6. The highest BCUT2D eigenvalue weighted by atomic mass is 28.4. The summed E-state index contributed by atoms with van der Waals surface area (Å²) in [6.45, 7) is 16.7. The van der Waals surface area contributed by atoms with Crippen molar-refractivity contribution in [3.63, 3.8) is 0 Å². The molecule has 158 valence electrons. The molecule has 3 saturated carbocycles. The molecule has 2 nitrogen and oxygen atoms in total. The molecule has 4 aliphatic rings. The minimum absolute atomic E-state index is 0.00842. The van der Waals surface area contributed by atoms with Crippen LogP contribution in [0.4, 0.5) is 0 Å². The van der Waals surface area contributed by atoms with Gasteiger partial charge in [-0.1, -0.05) is 46.3 Å². The van der Waals surface area contributed by atoms with Gasteiger partial charge in [-0.05, 0) is 86.2 Å². The number of hydrogen-bond donors (Lipinski definition) is 0. The molecule has 3 heteroatoms. The van der Waals surface area contributed by atoms with Gasteiger partial charge in [0.1, 0.15) is 5.78 Å². The number of fused-ring (bicyclic) bond motifs is 5. The van der Waals surface area contributed by atoms with Crippen molar-refractivity contribution >= 4 is 14.1 Å². The van der Waals surface area contributed by atoms with Gasteiger partial charge in [0, 0.05) is 17.9 Å². The van der Waals surface area contributed by atoms with Gasteiger partial charge in [0.05, 0.1) is 0 Å². The van der Waals surface area contributed by atoms with Gasteiger partial charge in [0.2, 0.25) is 0 Å². The van der Waals surface area contributed by atoms with E-state index in [1.807, 2.05) is 0 Å². The van der Waals surface area contributed by atoms with Crippen LogP contribution in [0.1, 0.15) is 86.0 Å². The monoisotopic (exact) mass is 402 g/mol. The Bertz CT molecular complexity index is 687. The van der Waals surface area contributed by atoms with E-state index in [-0.39, 0.29) is 10.5 Å². The van der Waals surface area contributed by atoms with E-state index in [1.165, 1.54) is 25.7 Å². The van der Waals surface area contributed by atoms with Crippen molar-refractivity contribution in [1.29, 1.82) is 0 Å². The molecule has 0 amide bonds. The van der Waals surface area contributed by atoms with Gasteiger partial charge in [-0.25, -0.2) is 0 Å². The van der Waals surface area contributed by atoms with Crippen molar-refractivity contribution in [2.45, 2.75) is 110 Å². The zero-order valence-corrected chi connectivity index (χ0v) is 20.4. The smallest absolute Gasteiger partial charge is 0.192 e. The largest absolute Gasteiger partial charge is 0.414 e. The number of ketones is 1. The Balaban J connectivity index is 1.53. The first-order chi connectivity index (χ1) is 12.9. The third-order valence-electron chi connectivity index (χ3n) is 10.0. The van der Waals surface area contributed by atoms with Gasteiger partial charge in [-0.15, -0.1) is 0 Å². The van der Waals surface area contributed by atoms with Crippen LogP contribution < -0.4 is 0 Å². The molecule has 0 heterocycles. The highest BCUT2D eigenvalue weighted by Crippen LogP contribution is 2.64. The molecule has 0 radical (unpaired) electrons. The molecule has 6 atom stereocenters. The van der Waals surface area contributed by atoms with Crippen LogP contribution in [0.15, 0.2) is 11.6 Å². The molecular weight excluding hydrogens is 360 g/mol. The fraction of sp³-hybridized carbons (Fsp3) is 0.880. The van der Waals surface area contributed by atoms with Gasteiger partial charge in [-0.3, -0.25) is 4.79 Å². The third-order valence-corrected chi connectivity index (χ3v) is 14.6. The molecule has 0 aromatic carbocycles. The van der Waals surface area contributed by atoms with Crippen LogP contribution in [0.5, 0.6) is 0 Å². The molecule has 0 aromatic rings. The summed E-state index contributed by atoms with van der Waals surface area (Å²) in [6.07, 6.45) is 12.2. The number of carbonyl (C=O) groups is 1. The van der Waals surface area contributed by atoms with Crippen LogP contribution in [0.3, 0.4) is 0 Å².